The Labute approximate surface area is 141 Å². The Bertz CT molecular complexity index is 628. The number of methoxy groups -OCH3 is 1. The van der Waals surface area contributed by atoms with Crippen molar-refractivity contribution >= 4 is 11.9 Å². The highest BCUT2D eigenvalue weighted by molar-refractivity contribution is 5.84. The van der Waals surface area contributed by atoms with E-state index < -0.39 is 17.5 Å². The number of nitrogens with zero attached hydrogens (tertiary/aromatic N) is 1. The fourth-order valence-corrected chi connectivity index (χ4v) is 3.71. The first kappa shape index (κ1) is 16.9. The van der Waals surface area contributed by atoms with Gasteiger partial charge >= 0.3 is 5.97 Å². The molecular weight excluding hydrogens is 310 g/mol. The normalized spacial score (nSPS) is 26.7. The number of carboxylic acid groups (broad SMARTS) is 1. The summed E-state index contributed by atoms with van der Waals surface area (Å²) in [5.74, 6) is -1.06. The molecule has 0 aliphatic carbocycles. The summed E-state index contributed by atoms with van der Waals surface area (Å²) in [5, 5.41) is 9.64. The minimum atomic E-state index is -1.03. The number of amides is 1. The molecule has 1 fully saturated rings. The van der Waals surface area contributed by atoms with Crippen molar-refractivity contribution in [2.45, 2.75) is 25.4 Å². The van der Waals surface area contributed by atoms with Gasteiger partial charge in [0.15, 0.2) is 6.10 Å². The van der Waals surface area contributed by atoms with E-state index in [1.54, 1.807) is 4.90 Å². The first-order valence-corrected chi connectivity index (χ1v) is 8.28. The summed E-state index contributed by atoms with van der Waals surface area (Å²) in [4.78, 5) is 26.4. The molecule has 2 aliphatic heterocycles. The van der Waals surface area contributed by atoms with E-state index in [0.29, 0.717) is 26.0 Å². The van der Waals surface area contributed by atoms with E-state index in [1.807, 2.05) is 24.3 Å². The highest BCUT2D eigenvalue weighted by Gasteiger charge is 2.45. The van der Waals surface area contributed by atoms with Crippen molar-refractivity contribution in [3.8, 4) is 0 Å². The van der Waals surface area contributed by atoms with Gasteiger partial charge in [0.2, 0.25) is 0 Å². The molecule has 0 spiro atoms. The van der Waals surface area contributed by atoms with Crippen LogP contribution in [0.2, 0.25) is 0 Å². The van der Waals surface area contributed by atoms with Gasteiger partial charge in [0.25, 0.3) is 5.91 Å². The number of benzene rings is 1. The molecule has 1 amide bonds. The molecular formula is C18H23NO5. The molecule has 1 N–H and O–H groups in total. The monoisotopic (exact) mass is 333 g/mol. The Morgan fingerprint density at radius 1 is 1.42 bits per heavy atom. The average Bonchev–Trinajstić information content (AvgIpc) is 2.61. The standard InChI is InChI=1S/C18H23NO5/c1-23-12-18(17(21)22)8-4-9-19(11-18)16(20)15-14-6-3-2-5-13(14)7-10-24-15/h2-3,5-6,15H,4,7-12H2,1H3,(H,21,22). The van der Waals surface area contributed by atoms with E-state index in [1.165, 1.54) is 7.11 Å². The maximum atomic E-state index is 13.0. The topological polar surface area (TPSA) is 76.1 Å². The molecule has 24 heavy (non-hydrogen) atoms. The summed E-state index contributed by atoms with van der Waals surface area (Å²) in [7, 11) is 1.49. The van der Waals surface area contributed by atoms with Gasteiger partial charge in [-0.1, -0.05) is 24.3 Å². The van der Waals surface area contributed by atoms with Gasteiger partial charge < -0.3 is 19.5 Å². The summed E-state index contributed by atoms with van der Waals surface area (Å²) >= 11 is 0. The number of carbonyl (C=O) groups excluding carboxylic acids is 1. The van der Waals surface area contributed by atoms with E-state index in [2.05, 4.69) is 0 Å². The molecule has 0 bridgehead atoms. The van der Waals surface area contributed by atoms with E-state index in [4.69, 9.17) is 9.47 Å². The molecule has 2 heterocycles. The van der Waals surface area contributed by atoms with Crippen molar-refractivity contribution in [3.63, 3.8) is 0 Å². The molecule has 6 heteroatoms. The first-order valence-electron chi connectivity index (χ1n) is 8.28. The number of hydrogen-bond acceptors (Lipinski definition) is 4. The highest BCUT2D eigenvalue weighted by atomic mass is 16.5. The van der Waals surface area contributed by atoms with E-state index in [-0.39, 0.29) is 19.1 Å². The number of aliphatic carboxylic acids is 1. The summed E-state index contributed by atoms with van der Waals surface area (Å²) < 4.78 is 10.9. The number of carbonyl (C=O) groups is 2. The van der Waals surface area contributed by atoms with E-state index >= 15 is 0 Å². The molecule has 1 aromatic carbocycles. The fraction of sp³-hybridized carbons (Fsp3) is 0.556. The van der Waals surface area contributed by atoms with Crippen LogP contribution in [0.5, 0.6) is 0 Å². The van der Waals surface area contributed by atoms with Crippen LogP contribution in [0.4, 0.5) is 0 Å². The molecule has 2 atom stereocenters. The summed E-state index contributed by atoms with van der Waals surface area (Å²) in [5.41, 5.74) is 0.990. The minimum absolute atomic E-state index is 0.105. The summed E-state index contributed by atoms with van der Waals surface area (Å²) in [6, 6.07) is 7.79. The van der Waals surface area contributed by atoms with Crippen LogP contribution < -0.4 is 0 Å². The smallest absolute Gasteiger partial charge is 0.313 e. The van der Waals surface area contributed by atoms with Crippen LogP contribution in [0, 0.1) is 5.41 Å². The van der Waals surface area contributed by atoms with Crippen molar-refractivity contribution in [3.05, 3.63) is 35.4 Å². The number of ether oxygens (including phenoxy) is 2. The second-order valence-corrected chi connectivity index (χ2v) is 6.58. The quantitative estimate of drug-likeness (QED) is 0.906. The van der Waals surface area contributed by atoms with Crippen LogP contribution in [0.3, 0.4) is 0 Å². The maximum Gasteiger partial charge on any atom is 0.313 e. The zero-order valence-electron chi connectivity index (χ0n) is 13.9. The molecule has 2 aliphatic rings. The molecule has 6 nitrogen and oxygen atoms in total. The van der Waals surface area contributed by atoms with Crippen molar-refractivity contribution in [1.82, 2.24) is 4.90 Å². The van der Waals surface area contributed by atoms with Gasteiger partial charge in [-0.25, -0.2) is 0 Å². The van der Waals surface area contributed by atoms with Gasteiger partial charge in [-0.2, -0.15) is 0 Å². The number of carboxylic acids is 1. The van der Waals surface area contributed by atoms with Crippen LogP contribution >= 0.6 is 0 Å². The Kier molecular flexibility index (Phi) is 4.87. The fourth-order valence-electron chi connectivity index (χ4n) is 3.71. The van der Waals surface area contributed by atoms with Crippen LogP contribution in [-0.2, 0) is 25.5 Å². The van der Waals surface area contributed by atoms with Crippen molar-refractivity contribution in [1.29, 1.82) is 0 Å². The first-order chi connectivity index (χ1) is 11.6. The second kappa shape index (κ2) is 6.91. The molecule has 2 unspecified atom stereocenters. The van der Waals surface area contributed by atoms with Crippen LogP contribution in [-0.4, -0.2) is 55.3 Å². The van der Waals surface area contributed by atoms with E-state index in [9.17, 15) is 14.7 Å². The third kappa shape index (κ3) is 3.03. The summed E-state index contributed by atoms with van der Waals surface area (Å²) in [6.45, 7) is 1.33. The number of rotatable bonds is 4. The van der Waals surface area contributed by atoms with Crippen molar-refractivity contribution < 1.29 is 24.2 Å². The highest BCUT2D eigenvalue weighted by Crippen LogP contribution is 2.34. The lowest BCUT2D eigenvalue weighted by molar-refractivity contribution is -0.162. The lowest BCUT2D eigenvalue weighted by Gasteiger charge is -2.41. The van der Waals surface area contributed by atoms with Crippen molar-refractivity contribution in [2.24, 2.45) is 5.41 Å². The lowest BCUT2D eigenvalue weighted by atomic mass is 9.80. The van der Waals surface area contributed by atoms with Crippen LogP contribution in [0.15, 0.2) is 24.3 Å². The predicted octanol–water partition coefficient (Wildman–Crippen LogP) is 1.64. The number of fused-ring (bicyclic) bond motifs is 1. The number of hydrogen-bond donors (Lipinski definition) is 1. The Morgan fingerprint density at radius 2 is 2.21 bits per heavy atom. The Hall–Kier alpha value is -1.92. The third-order valence-electron chi connectivity index (χ3n) is 4.98. The molecule has 0 radical (unpaired) electrons. The molecule has 0 aromatic heterocycles. The van der Waals surface area contributed by atoms with Gasteiger partial charge in [0.1, 0.15) is 5.41 Å². The Morgan fingerprint density at radius 3 is 2.96 bits per heavy atom. The molecule has 1 saturated heterocycles. The predicted molar refractivity (Wildman–Crippen MR) is 86.6 cm³/mol. The molecule has 0 saturated carbocycles. The van der Waals surface area contributed by atoms with Crippen LogP contribution in [0.1, 0.15) is 30.1 Å². The summed E-state index contributed by atoms with van der Waals surface area (Å²) in [6.07, 6.45) is 1.32. The van der Waals surface area contributed by atoms with Crippen LogP contribution in [0.25, 0.3) is 0 Å². The van der Waals surface area contributed by atoms with Gasteiger partial charge in [-0.15, -0.1) is 0 Å². The van der Waals surface area contributed by atoms with Crippen molar-refractivity contribution in [2.75, 3.05) is 33.4 Å². The maximum absolute atomic E-state index is 13.0. The zero-order valence-corrected chi connectivity index (χ0v) is 13.9. The molecule has 1 aromatic rings. The zero-order chi connectivity index (χ0) is 17.2. The van der Waals surface area contributed by atoms with Gasteiger partial charge in [-0.3, -0.25) is 9.59 Å². The average molecular weight is 333 g/mol. The molecule has 3 rings (SSSR count). The minimum Gasteiger partial charge on any atom is -0.481 e. The van der Waals surface area contributed by atoms with Gasteiger partial charge in [0.05, 0.1) is 13.2 Å². The van der Waals surface area contributed by atoms with Gasteiger partial charge in [0, 0.05) is 20.2 Å². The third-order valence-corrected chi connectivity index (χ3v) is 4.98. The SMILES string of the molecule is COCC1(C(=O)O)CCCN(C(=O)C2OCCc3ccccc32)C1. The number of likely N-dealkylation sites (tertiary alicyclic amines) is 1. The van der Waals surface area contributed by atoms with E-state index in [0.717, 1.165) is 17.5 Å². The largest absolute Gasteiger partial charge is 0.481 e. The molecule has 130 valence electrons. The second-order valence-electron chi connectivity index (χ2n) is 6.58. The number of piperidine rings is 1. The lowest BCUT2D eigenvalue weighted by Crippen LogP contribution is -2.53. The Balaban J connectivity index is 1.82. The van der Waals surface area contributed by atoms with Gasteiger partial charge in [-0.05, 0) is 30.4 Å².